The molecule has 0 saturated carbocycles. The smallest absolute Gasteiger partial charge is 0.389 e. The number of hydrogen-bond donors (Lipinski definition) is 2. The lowest BCUT2D eigenvalue weighted by Gasteiger charge is -2.14. The summed E-state index contributed by atoms with van der Waals surface area (Å²) in [4.78, 5) is 0. The quantitative estimate of drug-likeness (QED) is 0.881. The summed E-state index contributed by atoms with van der Waals surface area (Å²) < 4.78 is 36.0. The van der Waals surface area contributed by atoms with E-state index in [2.05, 4.69) is 0 Å². The van der Waals surface area contributed by atoms with Gasteiger partial charge in [-0.05, 0) is 24.1 Å². The van der Waals surface area contributed by atoms with Gasteiger partial charge in [0.15, 0.2) is 5.75 Å². The van der Waals surface area contributed by atoms with Crippen LogP contribution >= 0.6 is 23.2 Å². The van der Waals surface area contributed by atoms with Crippen LogP contribution in [0.3, 0.4) is 0 Å². The molecule has 0 unspecified atom stereocenters. The van der Waals surface area contributed by atoms with Gasteiger partial charge in [0.25, 0.3) is 0 Å². The summed E-state index contributed by atoms with van der Waals surface area (Å²) in [5.74, 6) is -0.305. The molecule has 0 aliphatic rings. The van der Waals surface area contributed by atoms with Gasteiger partial charge in [0.2, 0.25) is 0 Å². The Balaban J connectivity index is 2.79. The molecule has 0 spiro atoms. The van der Waals surface area contributed by atoms with Crippen molar-refractivity contribution in [1.82, 2.24) is 0 Å². The van der Waals surface area contributed by atoms with Gasteiger partial charge >= 0.3 is 6.18 Å². The zero-order valence-corrected chi connectivity index (χ0v) is 10.1. The standard InChI is InChI=1S/C10H10Cl2F3NO/c11-6-3-5(4-7(12)9(6)17)8(16)1-2-10(13,14)15/h3-4,8,17H,1-2,16H2/t8-/m0/s1. The number of benzene rings is 1. The van der Waals surface area contributed by atoms with E-state index < -0.39 is 18.6 Å². The van der Waals surface area contributed by atoms with Crippen LogP contribution in [0, 0.1) is 0 Å². The number of nitrogens with two attached hydrogens (primary N) is 1. The average molecular weight is 288 g/mol. The molecule has 2 nitrogen and oxygen atoms in total. The number of rotatable bonds is 3. The highest BCUT2D eigenvalue weighted by Gasteiger charge is 2.28. The number of alkyl halides is 3. The number of aromatic hydroxyl groups is 1. The first-order chi connectivity index (χ1) is 7.70. The van der Waals surface area contributed by atoms with E-state index in [1.54, 1.807) is 0 Å². The van der Waals surface area contributed by atoms with E-state index in [1.165, 1.54) is 12.1 Å². The van der Waals surface area contributed by atoms with Gasteiger partial charge in [0, 0.05) is 12.5 Å². The van der Waals surface area contributed by atoms with Crippen LogP contribution in [0.15, 0.2) is 12.1 Å². The maximum atomic E-state index is 12.0. The molecule has 3 N–H and O–H groups in total. The van der Waals surface area contributed by atoms with E-state index in [0.29, 0.717) is 5.56 Å². The van der Waals surface area contributed by atoms with Crippen molar-refractivity contribution in [2.45, 2.75) is 25.1 Å². The largest absolute Gasteiger partial charge is 0.505 e. The van der Waals surface area contributed by atoms with Gasteiger partial charge < -0.3 is 10.8 Å². The van der Waals surface area contributed by atoms with Crippen molar-refractivity contribution < 1.29 is 18.3 Å². The number of phenolic OH excluding ortho intramolecular Hbond substituents is 1. The Morgan fingerprint density at radius 2 is 1.71 bits per heavy atom. The fourth-order valence-corrected chi connectivity index (χ4v) is 1.79. The summed E-state index contributed by atoms with van der Waals surface area (Å²) in [5, 5.41) is 9.22. The molecule has 0 radical (unpaired) electrons. The predicted molar refractivity (Wildman–Crippen MR) is 60.3 cm³/mol. The van der Waals surface area contributed by atoms with Crippen LogP contribution in [-0.4, -0.2) is 11.3 Å². The van der Waals surface area contributed by atoms with E-state index in [0.717, 1.165) is 0 Å². The second kappa shape index (κ2) is 5.33. The molecule has 0 amide bonds. The van der Waals surface area contributed by atoms with Crippen LogP contribution < -0.4 is 5.73 Å². The lowest BCUT2D eigenvalue weighted by Crippen LogP contribution is -2.15. The second-order valence-corrected chi connectivity index (χ2v) is 4.41. The molecule has 1 rings (SSSR count). The average Bonchev–Trinajstić information content (AvgIpc) is 2.20. The lowest BCUT2D eigenvalue weighted by molar-refractivity contribution is -0.136. The number of halogens is 5. The van der Waals surface area contributed by atoms with Gasteiger partial charge in [-0.1, -0.05) is 23.2 Å². The minimum absolute atomic E-state index is 0.0324. The maximum Gasteiger partial charge on any atom is 0.389 e. The highest BCUT2D eigenvalue weighted by Crippen LogP contribution is 2.35. The molecule has 96 valence electrons. The summed E-state index contributed by atoms with van der Waals surface area (Å²) in [6, 6.07) is 1.79. The molecule has 0 saturated heterocycles. The zero-order valence-electron chi connectivity index (χ0n) is 8.56. The van der Waals surface area contributed by atoms with E-state index >= 15 is 0 Å². The molecule has 0 bridgehead atoms. The first kappa shape index (κ1) is 14.4. The highest BCUT2D eigenvalue weighted by atomic mass is 35.5. The van der Waals surface area contributed by atoms with Crippen LogP contribution in [0.5, 0.6) is 5.75 Å². The van der Waals surface area contributed by atoms with Gasteiger partial charge in [-0.2, -0.15) is 13.2 Å². The minimum Gasteiger partial charge on any atom is -0.505 e. The fraction of sp³-hybridized carbons (Fsp3) is 0.400. The van der Waals surface area contributed by atoms with Crippen molar-refractivity contribution in [3.8, 4) is 5.75 Å². The van der Waals surface area contributed by atoms with Crippen LogP contribution in [0.4, 0.5) is 13.2 Å². The third kappa shape index (κ3) is 4.26. The predicted octanol–water partition coefficient (Wildman–Crippen LogP) is 4.04. The minimum atomic E-state index is -4.25. The van der Waals surface area contributed by atoms with Gasteiger partial charge in [-0.3, -0.25) is 0 Å². The summed E-state index contributed by atoms with van der Waals surface area (Å²) in [5.41, 5.74) is 5.95. The van der Waals surface area contributed by atoms with E-state index in [1.807, 2.05) is 0 Å². The first-order valence-electron chi connectivity index (χ1n) is 4.71. The fourth-order valence-electron chi connectivity index (χ4n) is 1.29. The monoisotopic (exact) mass is 287 g/mol. The van der Waals surface area contributed by atoms with Crippen LogP contribution in [-0.2, 0) is 0 Å². The van der Waals surface area contributed by atoms with Crippen molar-refractivity contribution in [2.75, 3.05) is 0 Å². The Kier molecular flexibility index (Phi) is 4.52. The third-order valence-corrected chi connectivity index (χ3v) is 2.78. The Labute approximate surface area is 106 Å². The van der Waals surface area contributed by atoms with Crippen LogP contribution in [0.25, 0.3) is 0 Å². The highest BCUT2D eigenvalue weighted by molar-refractivity contribution is 6.37. The summed E-state index contributed by atoms with van der Waals surface area (Å²) in [6.45, 7) is 0. The normalized spacial score (nSPS) is 13.8. The number of hydrogen-bond acceptors (Lipinski definition) is 2. The first-order valence-corrected chi connectivity index (χ1v) is 5.46. The molecule has 0 aromatic heterocycles. The molecule has 1 atom stereocenters. The second-order valence-electron chi connectivity index (χ2n) is 3.59. The topological polar surface area (TPSA) is 46.2 Å². The molecule has 0 heterocycles. The van der Waals surface area contributed by atoms with Gasteiger partial charge in [-0.25, -0.2) is 0 Å². The Bertz CT molecular complexity index is 386. The molecule has 1 aromatic rings. The van der Waals surface area contributed by atoms with Gasteiger partial charge in [0.05, 0.1) is 10.0 Å². The van der Waals surface area contributed by atoms with E-state index in [9.17, 15) is 18.3 Å². The maximum absolute atomic E-state index is 12.0. The van der Waals surface area contributed by atoms with Crippen molar-refractivity contribution >= 4 is 23.2 Å². The zero-order chi connectivity index (χ0) is 13.2. The Hall–Kier alpha value is -0.650. The van der Waals surface area contributed by atoms with Gasteiger partial charge in [0.1, 0.15) is 0 Å². The Morgan fingerprint density at radius 3 is 2.12 bits per heavy atom. The van der Waals surface area contributed by atoms with Crippen LogP contribution in [0.2, 0.25) is 10.0 Å². The Morgan fingerprint density at radius 1 is 1.24 bits per heavy atom. The van der Waals surface area contributed by atoms with Crippen molar-refractivity contribution in [3.05, 3.63) is 27.7 Å². The molecule has 0 fully saturated rings. The van der Waals surface area contributed by atoms with Gasteiger partial charge in [-0.15, -0.1) is 0 Å². The van der Waals surface area contributed by atoms with Crippen molar-refractivity contribution in [2.24, 2.45) is 5.73 Å². The number of phenols is 1. The van der Waals surface area contributed by atoms with Crippen molar-refractivity contribution in [1.29, 1.82) is 0 Å². The molecule has 17 heavy (non-hydrogen) atoms. The van der Waals surface area contributed by atoms with Crippen molar-refractivity contribution in [3.63, 3.8) is 0 Å². The van der Waals surface area contributed by atoms with E-state index in [-0.39, 0.29) is 22.2 Å². The SMILES string of the molecule is N[C@@H](CCC(F)(F)F)c1cc(Cl)c(O)c(Cl)c1. The molecule has 0 aliphatic heterocycles. The third-order valence-electron chi connectivity index (χ3n) is 2.21. The molecule has 1 aromatic carbocycles. The lowest BCUT2D eigenvalue weighted by atomic mass is 10.0. The molecule has 7 heteroatoms. The summed E-state index contributed by atoms with van der Waals surface area (Å²) >= 11 is 11.3. The molecular formula is C10H10Cl2F3NO. The molecule has 0 aliphatic carbocycles. The summed E-state index contributed by atoms with van der Waals surface area (Å²) in [7, 11) is 0. The van der Waals surface area contributed by atoms with Crippen LogP contribution in [0.1, 0.15) is 24.4 Å². The molecular weight excluding hydrogens is 278 g/mol. The van der Waals surface area contributed by atoms with E-state index in [4.69, 9.17) is 28.9 Å². The summed E-state index contributed by atoms with van der Waals surface area (Å²) in [6.07, 6.45) is -5.49.